The molecular weight excluding hydrogens is 306 g/mol. The second-order valence-electron chi connectivity index (χ2n) is 4.87. The lowest BCUT2D eigenvalue weighted by Crippen LogP contribution is -2.29. The van der Waals surface area contributed by atoms with Gasteiger partial charge in [-0.05, 0) is 36.6 Å². The summed E-state index contributed by atoms with van der Waals surface area (Å²) >= 11 is 3.53. The highest BCUT2D eigenvalue weighted by molar-refractivity contribution is 9.10. The number of aliphatic hydroxyl groups is 1. The van der Waals surface area contributed by atoms with Crippen molar-refractivity contribution < 1.29 is 9.84 Å². The molecule has 0 radical (unpaired) electrons. The maximum Gasteiger partial charge on any atom is 0.0772 e. The van der Waals surface area contributed by atoms with Crippen molar-refractivity contribution in [3.63, 3.8) is 0 Å². The number of aliphatic hydroxyl groups excluding tert-OH is 1. The summed E-state index contributed by atoms with van der Waals surface area (Å²) in [5, 5.41) is 9.63. The molecule has 3 nitrogen and oxygen atoms in total. The van der Waals surface area contributed by atoms with E-state index in [-0.39, 0.29) is 0 Å². The van der Waals surface area contributed by atoms with E-state index in [4.69, 9.17) is 4.74 Å². The van der Waals surface area contributed by atoms with Gasteiger partial charge in [-0.15, -0.1) is 0 Å². The summed E-state index contributed by atoms with van der Waals surface area (Å²) in [6.07, 6.45) is 2.84. The van der Waals surface area contributed by atoms with Crippen LogP contribution >= 0.6 is 15.9 Å². The van der Waals surface area contributed by atoms with E-state index in [1.54, 1.807) is 14.0 Å². The lowest BCUT2D eigenvalue weighted by molar-refractivity contribution is 0.198. The molecule has 1 aliphatic rings. The van der Waals surface area contributed by atoms with E-state index in [0.29, 0.717) is 0 Å². The van der Waals surface area contributed by atoms with Crippen LogP contribution in [0.1, 0.15) is 25.0 Å². The third-order valence-electron chi connectivity index (χ3n) is 3.43. The van der Waals surface area contributed by atoms with Crippen molar-refractivity contribution in [2.24, 2.45) is 0 Å². The maximum atomic E-state index is 9.63. The van der Waals surface area contributed by atoms with Crippen LogP contribution < -0.4 is 4.90 Å². The van der Waals surface area contributed by atoms with E-state index in [1.165, 1.54) is 11.3 Å². The molecule has 4 heteroatoms. The number of anilines is 1. The molecule has 0 amide bonds. The van der Waals surface area contributed by atoms with Crippen molar-refractivity contribution in [2.75, 3.05) is 31.7 Å². The molecule has 2 rings (SSSR count). The van der Waals surface area contributed by atoms with Gasteiger partial charge >= 0.3 is 0 Å². The molecule has 0 unspecified atom stereocenters. The van der Waals surface area contributed by atoms with Gasteiger partial charge in [0.25, 0.3) is 0 Å². The van der Waals surface area contributed by atoms with E-state index in [0.717, 1.165) is 36.2 Å². The molecule has 1 heterocycles. The van der Waals surface area contributed by atoms with Gasteiger partial charge in [0.15, 0.2) is 0 Å². The van der Waals surface area contributed by atoms with Gasteiger partial charge in [0.1, 0.15) is 0 Å². The van der Waals surface area contributed by atoms with Crippen molar-refractivity contribution in [1.29, 1.82) is 0 Å². The van der Waals surface area contributed by atoms with Crippen LogP contribution in [0.15, 0.2) is 34.3 Å². The number of ether oxygens (including phenoxy) is 1. The first-order valence-corrected chi connectivity index (χ1v) is 7.30. The van der Waals surface area contributed by atoms with Crippen molar-refractivity contribution >= 4 is 21.6 Å². The number of hydrogen-bond donors (Lipinski definition) is 1. The van der Waals surface area contributed by atoms with Crippen LogP contribution in [0.5, 0.6) is 0 Å². The topological polar surface area (TPSA) is 32.7 Å². The van der Waals surface area contributed by atoms with Crippen LogP contribution in [0.3, 0.4) is 0 Å². The fourth-order valence-electron chi connectivity index (χ4n) is 2.31. The summed E-state index contributed by atoms with van der Waals surface area (Å²) in [4.78, 5) is 2.33. The van der Waals surface area contributed by atoms with Crippen molar-refractivity contribution in [2.45, 2.75) is 19.4 Å². The standard InChI is InChI=1S/C15H20BrNO2/c1-11(18)14-4-3-13(9-15(14)16)17-7-5-12(6-8-17)10-19-2/h3-5,9,11,18H,6-8,10H2,1-2H3/t11-/m1/s1. The number of nitrogens with zero attached hydrogens (tertiary/aromatic N) is 1. The van der Waals surface area contributed by atoms with E-state index in [9.17, 15) is 5.11 Å². The predicted octanol–water partition coefficient (Wildman–Crippen LogP) is 3.29. The van der Waals surface area contributed by atoms with Crippen molar-refractivity contribution in [3.8, 4) is 0 Å². The Morgan fingerprint density at radius 3 is 2.79 bits per heavy atom. The van der Waals surface area contributed by atoms with E-state index in [1.807, 2.05) is 6.07 Å². The van der Waals surface area contributed by atoms with Crippen LogP contribution in [-0.2, 0) is 4.74 Å². The molecule has 0 aliphatic carbocycles. The summed E-state index contributed by atoms with van der Waals surface area (Å²) in [5.74, 6) is 0. The van der Waals surface area contributed by atoms with E-state index >= 15 is 0 Å². The average molecular weight is 326 g/mol. The highest BCUT2D eigenvalue weighted by atomic mass is 79.9. The number of benzene rings is 1. The van der Waals surface area contributed by atoms with Crippen LogP contribution in [0.25, 0.3) is 0 Å². The third kappa shape index (κ3) is 3.59. The minimum atomic E-state index is -0.446. The number of hydrogen-bond acceptors (Lipinski definition) is 3. The average Bonchev–Trinajstić information content (AvgIpc) is 2.39. The SMILES string of the molecule is COCC1=CCN(c2ccc([C@@H](C)O)c(Br)c2)CC1. The molecule has 19 heavy (non-hydrogen) atoms. The molecule has 0 bridgehead atoms. The molecule has 0 aromatic heterocycles. The monoisotopic (exact) mass is 325 g/mol. The quantitative estimate of drug-likeness (QED) is 0.862. The molecule has 1 atom stereocenters. The fourth-order valence-corrected chi connectivity index (χ4v) is 3.01. The zero-order chi connectivity index (χ0) is 13.8. The summed E-state index contributed by atoms with van der Waals surface area (Å²) < 4.78 is 6.13. The number of rotatable bonds is 4. The highest BCUT2D eigenvalue weighted by Gasteiger charge is 2.14. The van der Waals surface area contributed by atoms with E-state index < -0.39 is 6.10 Å². The smallest absolute Gasteiger partial charge is 0.0772 e. The molecule has 0 fully saturated rings. The Balaban J connectivity index is 2.10. The second-order valence-corrected chi connectivity index (χ2v) is 5.73. The zero-order valence-electron chi connectivity index (χ0n) is 11.4. The predicted molar refractivity (Wildman–Crippen MR) is 81.6 cm³/mol. The Bertz CT molecular complexity index is 471. The summed E-state index contributed by atoms with van der Waals surface area (Å²) in [5.41, 5.74) is 3.48. The van der Waals surface area contributed by atoms with Crippen molar-refractivity contribution in [1.82, 2.24) is 0 Å². The van der Waals surface area contributed by atoms with Gasteiger partial charge in [-0.3, -0.25) is 0 Å². The Morgan fingerprint density at radius 1 is 1.47 bits per heavy atom. The Hall–Kier alpha value is -0.840. The van der Waals surface area contributed by atoms with Crippen LogP contribution in [0, 0.1) is 0 Å². The highest BCUT2D eigenvalue weighted by Crippen LogP contribution is 2.29. The van der Waals surface area contributed by atoms with Crippen LogP contribution in [0.4, 0.5) is 5.69 Å². The van der Waals surface area contributed by atoms with Gasteiger partial charge in [-0.1, -0.05) is 28.1 Å². The molecule has 1 aromatic rings. The molecule has 1 N–H and O–H groups in total. The summed E-state index contributed by atoms with van der Waals surface area (Å²) in [7, 11) is 1.74. The lowest BCUT2D eigenvalue weighted by Gasteiger charge is -2.29. The van der Waals surface area contributed by atoms with Gasteiger partial charge in [0.2, 0.25) is 0 Å². The summed E-state index contributed by atoms with van der Waals surface area (Å²) in [6.45, 7) is 4.44. The molecule has 0 saturated heterocycles. The van der Waals surface area contributed by atoms with Gasteiger partial charge in [0, 0.05) is 30.4 Å². The molecule has 104 valence electrons. The van der Waals surface area contributed by atoms with E-state index in [2.05, 4.69) is 39.0 Å². The molecule has 0 spiro atoms. The number of halogens is 1. The Kier molecular flexibility index (Phi) is 5.02. The number of methoxy groups -OCH3 is 1. The largest absolute Gasteiger partial charge is 0.389 e. The van der Waals surface area contributed by atoms with Gasteiger partial charge < -0.3 is 14.7 Å². The van der Waals surface area contributed by atoms with Crippen LogP contribution in [0.2, 0.25) is 0 Å². The first-order chi connectivity index (χ1) is 9.11. The molecular formula is C15H20BrNO2. The Labute approximate surface area is 123 Å². The van der Waals surface area contributed by atoms with Gasteiger partial charge in [-0.25, -0.2) is 0 Å². The lowest BCUT2D eigenvalue weighted by atomic mass is 10.1. The minimum absolute atomic E-state index is 0.446. The maximum absolute atomic E-state index is 9.63. The molecule has 0 saturated carbocycles. The molecule has 1 aromatic carbocycles. The second kappa shape index (κ2) is 6.55. The first-order valence-electron chi connectivity index (χ1n) is 6.51. The van der Waals surface area contributed by atoms with Gasteiger partial charge in [-0.2, -0.15) is 0 Å². The van der Waals surface area contributed by atoms with Crippen molar-refractivity contribution in [3.05, 3.63) is 39.9 Å². The fraction of sp³-hybridized carbons (Fsp3) is 0.467. The normalized spacial score (nSPS) is 17.3. The third-order valence-corrected chi connectivity index (χ3v) is 4.12. The minimum Gasteiger partial charge on any atom is -0.389 e. The zero-order valence-corrected chi connectivity index (χ0v) is 13.0. The summed E-state index contributed by atoms with van der Waals surface area (Å²) in [6, 6.07) is 6.14. The first kappa shape index (κ1) is 14.6. The Morgan fingerprint density at radius 2 is 2.26 bits per heavy atom. The van der Waals surface area contributed by atoms with Gasteiger partial charge in [0.05, 0.1) is 12.7 Å². The van der Waals surface area contributed by atoms with Crippen LogP contribution in [-0.4, -0.2) is 31.9 Å². The molecule has 1 aliphatic heterocycles.